The summed E-state index contributed by atoms with van der Waals surface area (Å²) in [5.74, 6) is 1.06. The molecule has 1 aliphatic rings. The SMILES string of the molecule is CCOC(=O)Cn1nc(C(C)C)n2cc(C3CC3)cc2c1=O. The van der Waals surface area contributed by atoms with Crippen LogP contribution in [0.15, 0.2) is 17.1 Å². The Morgan fingerprint density at radius 1 is 1.45 bits per heavy atom. The summed E-state index contributed by atoms with van der Waals surface area (Å²) in [7, 11) is 0. The van der Waals surface area contributed by atoms with Gasteiger partial charge in [-0.05, 0) is 37.3 Å². The average Bonchev–Trinajstić information content (AvgIpc) is 3.21. The molecule has 2 heterocycles. The molecule has 0 amide bonds. The smallest absolute Gasteiger partial charge is 0.327 e. The maximum Gasteiger partial charge on any atom is 0.327 e. The van der Waals surface area contributed by atoms with Gasteiger partial charge in [0.25, 0.3) is 5.56 Å². The normalized spacial score (nSPS) is 14.7. The minimum Gasteiger partial charge on any atom is -0.465 e. The molecule has 118 valence electrons. The van der Waals surface area contributed by atoms with E-state index in [-0.39, 0.29) is 18.0 Å². The predicted molar refractivity (Wildman–Crippen MR) is 82.1 cm³/mol. The van der Waals surface area contributed by atoms with Crippen LogP contribution in [0, 0.1) is 0 Å². The molecule has 0 spiro atoms. The van der Waals surface area contributed by atoms with Crippen LogP contribution in [0.25, 0.3) is 5.52 Å². The maximum atomic E-state index is 12.6. The Balaban J connectivity index is 2.11. The summed E-state index contributed by atoms with van der Waals surface area (Å²) in [6, 6.07) is 1.94. The van der Waals surface area contributed by atoms with E-state index in [0.717, 1.165) is 5.82 Å². The quantitative estimate of drug-likeness (QED) is 0.793. The van der Waals surface area contributed by atoms with Crippen LogP contribution in [0.2, 0.25) is 0 Å². The van der Waals surface area contributed by atoms with Crippen LogP contribution < -0.4 is 5.56 Å². The van der Waals surface area contributed by atoms with Crippen molar-refractivity contribution in [2.45, 2.75) is 52.0 Å². The number of hydrogen-bond donors (Lipinski definition) is 0. The number of ether oxygens (including phenoxy) is 1. The molecule has 0 aliphatic heterocycles. The third-order valence-electron chi connectivity index (χ3n) is 3.91. The van der Waals surface area contributed by atoms with Gasteiger partial charge >= 0.3 is 5.97 Å². The summed E-state index contributed by atoms with van der Waals surface area (Å²) in [6.07, 6.45) is 4.38. The van der Waals surface area contributed by atoms with E-state index in [0.29, 0.717) is 18.0 Å². The average molecular weight is 303 g/mol. The topological polar surface area (TPSA) is 65.6 Å². The van der Waals surface area contributed by atoms with Gasteiger partial charge in [0.1, 0.15) is 17.9 Å². The zero-order valence-corrected chi connectivity index (χ0v) is 13.2. The standard InChI is InChI=1S/C16H21N3O3/c1-4-22-14(20)9-19-16(21)13-7-12(11-5-6-11)8-18(13)15(17-19)10(2)3/h7-8,10-11H,4-6,9H2,1-3H3. The summed E-state index contributed by atoms with van der Waals surface area (Å²) in [5, 5.41) is 4.38. The second-order valence-corrected chi connectivity index (χ2v) is 6.08. The van der Waals surface area contributed by atoms with Crippen LogP contribution in [0.3, 0.4) is 0 Å². The molecule has 2 aromatic rings. The van der Waals surface area contributed by atoms with E-state index in [9.17, 15) is 9.59 Å². The van der Waals surface area contributed by atoms with Gasteiger partial charge in [0.15, 0.2) is 0 Å². The first-order chi connectivity index (χ1) is 10.5. The number of esters is 1. The number of carbonyl (C=O) groups is 1. The van der Waals surface area contributed by atoms with Crippen LogP contribution >= 0.6 is 0 Å². The molecule has 0 radical (unpaired) electrons. The van der Waals surface area contributed by atoms with Gasteiger partial charge in [-0.2, -0.15) is 5.10 Å². The molecular weight excluding hydrogens is 282 g/mol. The van der Waals surface area contributed by atoms with Gasteiger partial charge in [0.05, 0.1) is 6.61 Å². The molecule has 0 N–H and O–H groups in total. The molecule has 1 saturated carbocycles. The van der Waals surface area contributed by atoms with Crippen molar-refractivity contribution < 1.29 is 9.53 Å². The molecule has 0 saturated heterocycles. The highest BCUT2D eigenvalue weighted by atomic mass is 16.5. The summed E-state index contributed by atoms with van der Waals surface area (Å²) >= 11 is 0. The lowest BCUT2D eigenvalue weighted by molar-refractivity contribution is -0.144. The fourth-order valence-corrected chi connectivity index (χ4v) is 2.66. The molecular formula is C16H21N3O3. The van der Waals surface area contributed by atoms with E-state index in [1.54, 1.807) is 6.92 Å². The number of carbonyl (C=O) groups excluding carboxylic acids is 1. The lowest BCUT2D eigenvalue weighted by Crippen LogP contribution is -2.30. The molecule has 0 atom stereocenters. The first kappa shape index (κ1) is 14.8. The Morgan fingerprint density at radius 2 is 2.18 bits per heavy atom. The van der Waals surface area contributed by atoms with Crippen LogP contribution in [0.5, 0.6) is 0 Å². The van der Waals surface area contributed by atoms with Crippen molar-refractivity contribution in [2.24, 2.45) is 0 Å². The van der Waals surface area contributed by atoms with Gasteiger partial charge in [-0.25, -0.2) is 4.68 Å². The van der Waals surface area contributed by atoms with Gasteiger partial charge in [-0.3, -0.25) is 14.0 Å². The van der Waals surface area contributed by atoms with E-state index < -0.39 is 5.97 Å². The zero-order chi connectivity index (χ0) is 15.9. The van der Waals surface area contributed by atoms with Crippen molar-refractivity contribution in [3.05, 3.63) is 34.0 Å². The molecule has 6 heteroatoms. The Kier molecular flexibility index (Phi) is 3.76. The molecule has 0 unspecified atom stereocenters. The van der Waals surface area contributed by atoms with Crippen molar-refractivity contribution in [3.8, 4) is 0 Å². The van der Waals surface area contributed by atoms with E-state index in [2.05, 4.69) is 5.10 Å². The zero-order valence-electron chi connectivity index (χ0n) is 13.2. The summed E-state index contributed by atoms with van der Waals surface area (Å²) < 4.78 is 8.02. The highest BCUT2D eigenvalue weighted by Crippen LogP contribution is 2.40. The van der Waals surface area contributed by atoms with E-state index in [1.807, 2.05) is 30.5 Å². The van der Waals surface area contributed by atoms with Crippen molar-refractivity contribution in [2.75, 3.05) is 6.61 Å². The number of aromatic nitrogens is 3. The largest absolute Gasteiger partial charge is 0.465 e. The molecule has 0 bridgehead atoms. The predicted octanol–water partition coefficient (Wildman–Crippen LogP) is 2.06. The number of hydrogen-bond acceptors (Lipinski definition) is 4. The summed E-state index contributed by atoms with van der Waals surface area (Å²) in [6.45, 7) is 5.94. The molecule has 6 nitrogen and oxygen atoms in total. The lowest BCUT2D eigenvalue weighted by Gasteiger charge is -2.12. The summed E-state index contributed by atoms with van der Waals surface area (Å²) in [4.78, 5) is 24.2. The van der Waals surface area contributed by atoms with E-state index in [4.69, 9.17) is 4.74 Å². The number of fused-ring (bicyclic) bond motifs is 1. The van der Waals surface area contributed by atoms with Crippen molar-refractivity contribution >= 4 is 11.5 Å². The molecule has 1 fully saturated rings. The summed E-state index contributed by atoms with van der Waals surface area (Å²) in [5.41, 5.74) is 1.53. The van der Waals surface area contributed by atoms with Crippen molar-refractivity contribution in [1.29, 1.82) is 0 Å². The number of rotatable bonds is 5. The molecule has 3 rings (SSSR count). The highest BCUT2D eigenvalue weighted by molar-refractivity contribution is 5.69. The fraction of sp³-hybridized carbons (Fsp3) is 0.562. The van der Waals surface area contributed by atoms with E-state index in [1.165, 1.54) is 23.1 Å². The minimum absolute atomic E-state index is 0.146. The monoisotopic (exact) mass is 303 g/mol. The van der Waals surface area contributed by atoms with Gasteiger partial charge in [-0.15, -0.1) is 0 Å². The Labute approximate surface area is 128 Å². The highest BCUT2D eigenvalue weighted by Gasteiger charge is 2.26. The van der Waals surface area contributed by atoms with Crippen LogP contribution in [0.4, 0.5) is 0 Å². The Hall–Kier alpha value is -2.11. The van der Waals surface area contributed by atoms with Crippen LogP contribution in [-0.2, 0) is 16.1 Å². The third-order valence-corrected chi connectivity index (χ3v) is 3.91. The first-order valence-electron chi connectivity index (χ1n) is 7.80. The van der Waals surface area contributed by atoms with Crippen LogP contribution in [0.1, 0.15) is 56.8 Å². The van der Waals surface area contributed by atoms with Gasteiger partial charge < -0.3 is 4.74 Å². The second kappa shape index (κ2) is 5.59. The van der Waals surface area contributed by atoms with Gasteiger partial charge in [-0.1, -0.05) is 13.8 Å². The molecule has 0 aromatic carbocycles. The van der Waals surface area contributed by atoms with Crippen molar-refractivity contribution in [3.63, 3.8) is 0 Å². The first-order valence-corrected chi connectivity index (χ1v) is 7.80. The second-order valence-electron chi connectivity index (χ2n) is 6.08. The lowest BCUT2D eigenvalue weighted by atomic mass is 10.2. The van der Waals surface area contributed by atoms with Crippen molar-refractivity contribution in [1.82, 2.24) is 14.2 Å². The van der Waals surface area contributed by atoms with Gasteiger partial charge in [0.2, 0.25) is 0 Å². The van der Waals surface area contributed by atoms with E-state index >= 15 is 0 Å². The maximum absolute atomic E-state index is 12.6. The third kappa shape index (κ3) is 2.65. The fourth-order valence-electron chi connectivity index (χ4n) is 2.66. The number of nitrogens with zero attached hydrogens (tertiary/aromatic N) is 3. The van der Waals surface area contributed by atoms with Crippen LogP contribution in [-0.4, -0.2) is 26.8 Å². The van der Waals surface area contributed by atoms with Gasteiger partial charge in [0, 0.05) is 12.1 Å². The Bertz CT molecular complexity index is 769. The minimum atomic E-state index is -0.440. The molecule has 2 aromatic heterocycles. The molecule has 22 heavy (non-hydrogen) atoms. The molecule has 1 aliphatic carbocycles. The Morgan fingerprint density at radius 3 is 2.77 bits per heavy atom.